The van der Waals surface area contributed by atoms with E-state index in [4.69, 9.17) is 20.5 Å². The first-order chi connectivity index (χ1) is 16.0. The third-order valence-corrected chi connectivity index (χ3v) is 5.70. The van der Waals surface area contributed by atoms with E-state index in [2.05, 4.69) is 15.5 Å². The monoisotopic (exact) mass is 464 g/mol. The minimum absolute atomic E-state index is 0.237. The molecule has 4 aromatic rings. The molecule has 1 aliphatic rings. The van der Waals surface area contributed by atoms with Gasteiger partial charge >= 0.3 is 6.03 Å². The lowest BCUT2D eigenvalue weighted by Crippen LogP contribution is -2.45. The zero-order valence-electron chi connectivity index (χ0n) is 17.5. The molecule has 2 aromatic carbocycles. The van der Waals surface area contributed by atoms with Crippen molar-refractivity contribution in [1.29, 1.82) is 0 Å². The van der Waals surface area contributed by atoms with Crippen LogP contribution >= 0.6 is 11.6 Å². The van der Waals surface area contributed by atoms with E-state index in [1.54, 1.807) is 47.6 Å². The second-order valence-corrected chi connectivity index (χ2v) is 7.97. The Kier molecular flexibility index (Phi) is 5.43. The number of carbonyl (C=O) groups excluding carboxylic acids is 1. The number of nitrogens with one attached hydrogen (secondary N) is 1. The Balaban J connectivity index is 1.59. The fraction of sp³-hybridized carbons (Fsp3) is 0.125. The second kappa shape index (κ2) is 8.55. The number of halogens is 2. The maximum atomic E-state index is 13.3. The molecule has 0 saturated carbocycles. The molecular formula is C24H18ClFN4O3. The molecule has 7 nitrogen and oxygen atoms in total. The molecule has 0 saturated heterocycles. The number of nitrogens with zero attached hydrogens (tertiary/aromatic N) is 3. The van der Waals surface area contributed by atoms with Gasteiger partial charge in [-0.25, -0.2) is 9.18 Å². The summed E-state index contributed by atoms with van der Waals surface area (Å²) in [5.74, 6) is 0.838. The molecule has 1 unspecified atom stereocenters. The maximum absolute atomic E-state index is 13.3. The lowest BCUT2D eigenvalue weighted by atomic mass is 9.94. The summed E-state index contributed by atoms with van der Waals surface area (Å²) in [5.41, 5.74) is 2.70. The number of carbonyl (C=O) groups is 1. The van der Waals surface area contributed by atoms with Crippen molar-refractivity contribution in [2.24, 2.45) is 0 Å². The van der Waals surface area contributed by atoms with Crippen molar-refractivity contribution in [3.63, 3.8) is 0 Å². The van der Waals surface area contributed by atoms with E-state index in [0.29, 0.717) is 33.4 Å². The summed E-state index contributed by atoms with van der Waals surface area (Å²) in [6.45, 7) is 2.06. The van der Waals surface area contributed by atoms with Crippen molar-refractivity contribution >= 4 is 23.2 Å². The normalized spacial score (nSPS) is 16.3. The molecule has 1 N–H and O–H groups in total. The standard InChI is InChI=1S/C24H18ClFN4O3/c1-14-20(23-28-22(29-33-23)16-6-10-18(26)11-7-16)21(15-4-8-17(25)9-5-15)27-24(31)30(14)13-19-3-2-12-32-19/h2-12,21H,13H2,1H3,(H,27,31). The van der Waals surface area contributed by atoms with Crippen molar-refractivity contribution < 1.29 is 18.1 Å². The van der Waals surface area contributed by atoms with Crippen LogP contribution in [0.1, 0.15) is 30.2 Å². The van der Waals surface area contributed by atoms with Gasteiger partial charge in [0.2, 0.25) is 5.82 Å². The number of aromatic nitrogens is 2. The molecule has 9 heteroatoms. The van der Waals surface area contributed by atoms with Crippen LogP contribution in [0.2, 0.25) is 5.02 Å². The first-order valence-electron chi connectivity index (χ1n) is 10.2. The fourth-order valence-corrected chi connectivity index (χ4v) is 3.89. The van der Waals surface area contributed by atoms with Crippen LogP contribution in [0.25, 0.3) is 17.0 Å². The molecule has 2 aromatic heterocycles. The highest BCUT2D eigenvalue weighted by molar-refractivity contribution is 6.30. The van der Waals surface area contributed by atoms with Gasteiger partial charge in [-0.05, 0) is 61.0 Å². The Morgan fingerprint density at radius 3 is 2.58 bits per heavy atom. The quantitative estimate of drug-likeness (QED) is 0.402. The predicted octanol–water partition coefficient (Wildman–Crippen LogP) is 5.82. The Hall–Kier alpha value is -3.91. The van der Waals surface area contributed by atoms with Gasteiger partial charge in [-0.2, -0.15) is 4.98 Å². The number of urea groups is 1. The van der Waals surface area contributed by atoms with Crippen molar-refractivity contribution in [2.75, 3.05) is 0 Å². The summed E-state index contributed by atoms with van der Waals surface area (Å²) < 4.78 is 24.4. The Morgan fingerprint density at radius 2 is 1.88 bits per heavy atom. The second-order valence-electron chi connectivity index (χ2n) is 7.53. The lowest BCUT2D eigenvalue weighted by Gasteiger charge is -2.34. The molecule has 2 amide bonds. The van der Waals surface area contributed by atoms with Crippen LogP contribution in [0.5, 0.6) is 0 Å². The van der Waals surface area contributed by atoms with Gasteiger partial charge in [0, 0.05) is 16.3 Å². The van der Waals surface area contributed by atoms with Crippen molar-refractivity contribution in [3.05, 3.63) is 101 Å². The maximum Gasteiger partial charge on any atom is 0.322 e. The molecule has 33 heavy (non-hydrogen) atoms. The van der Waals surface area contributed by atoms with Crippen LogP contribution < -0.4 is 5.32 Å². The summed E-state index contributed by atoms with van der Waals surface area (Å²) in [6.07, 6.45) is 1.56. The number of benzene rings is 2. The zero-order valence-corrected chi connectivity index (χ0v) is 18.2. The van der Waals surface area contributed by atoms with Crippen LogP contribution in [-0.2, 0) is 6.54 Å². The largest absolute Gasteiger partial charge is 0.467 e. The van der Waals surface area contributed by atoms with E-state index >= 15 is 0 Å². The van der Waals surface area contributed by atoms with Crippen LogP contribution in [0.4, 0.5) is 9.18 Å². The van der Waals surface area contributed by atoms with Gasteiger partial charge in [0.15, 0.2) is 0 Å². The highest BCUT2D eigenvalue weighted by Crippen LogP contribution is 2.38. The SMILES string of the molecule is CC1=C(c2nc(-c3ccc(F)cc3)no2)C(c2ccc(Cl)cc2)NC(=O)N1Cc1ccco1. The van der Waals surface area contributed by atoms with Gasteiger partial charge < -0.3 is 14.3 Å². The topological polar surface area (TPSA) is 84.4 Å². The number of rotatable bonds is 5. The van der Waals surface area contributed by atoms with Crippen molar-refractivity contribution in [2.45, 2.75) is 19.5 Å². The van der Waals surface area contributed by atoms with E-state index in [9.17, 15) is 9.18 Å². The minimum atomic E-state index is -0.538. The van der Waals surface area contributed by atoms with Crippen LogP contribution in [-0.4, -0.2) is 21.1 Å². The third-order valence-electron chi connectivity index (χ3n) is 5.45. The summed E-state index contributed by atoms with van der Waals surface area (Å²) in [6, 6.07) is 15.7. The summed E-state index contributed by atoms with van der Waals surface area (Å²) >= 11 is 6.06. The molecule has 166 valence electrons. The summed E-state index contributed by atoms with van der Waals surface area (Å²) in [5, 5.41) is 7.67. The van der Waals surface area contributed by atoms with E-state index in [0.717, 1.165) is 5.56 Å². The Labute approximate surface area is 193 Å². The number of allylic oxidation sites excluding steroid dienone is 1. The van der Waals surface area contributed by atoms with E-state index < -0.39 is 6.04 Å². The Morgan fingerprint density at radius 1 is 1.12 bits per heavy atom. The smallest absolute Gasteiger partial charge is 0.322 e. The molecule has 0 bridgehead atoms. The highest BCUT2D eigenvalue weighted by atomic mass is 35.5. The van der Waals surface area contributed by atoms with Gasteiger partial charge in [-0.1, -0.05) is 28.9 Å². The Bertz CT molecular complexity index is 1310. The predicted molar refractivity (Wildman–Crippen MR) is 119 cm³/mol. The number of hydrogen-bond acceptors (Lipinski definition) is 5. The average molecular weight is 465 g/mol. The molecule has 0 spiro atoms. The molecular weight excluding hydrogens is 447 g/mol. The van der Waals surface area contributed by atoms with Crippen LogP contribution in [0.3, 0.4) is 0 Å². The van der Waals surface area contributed by atoms with Crippen molar-refractivity contribution in [3.8, 4) is 11.4 Å². The molecule has 0 radical (unpaired) electrons. The molecule has 0 fully saturated rings. The lowest BCUT2D eigenvalue weighted by molar-refractivity contribution is 0.199. The molecule has 1 atom stereocenters. The van der Waals surface area contributed by atoms with Crippen molar-refractivity contribution in [1.82, 2.24) is 20.4 Å². The molecule has 3 heterocycles. The van der Waals surface area contributed by atoms with E-state index in [1.807, 2.05) is 19.1 Å². The fourth-order valence-electron chi connectivity index (χ4n) is 3.76. The number of amides is 2. The number of hydrogen-bond donors (Lipinski definition) is 1. The van der Waals surface area contributed by atoms with E-state index in [-0.39, 0.29) is 24.3 Å². The zero-order chi connectivity index (χ0) is 22.9. The minimum Gasteiger partial charge on any atom is -0.467 e. The first kappa shape index (κ1) is 21.0. The molecule has 0 aliphatic carbocycles. The highest BCUT2D eigenvalue weighted by Gasteiger charge is 2.36. The molecule has 5 rings (SSSR count). The van der Waals surface area contributed by atoms with Gasteiger partial charge in [-0.3, -0.25) is 4.90 Å². The average Bonchev–Trinajstić information content (AvgIpc) is 3.50. The molecule has 1 aliphatic heterocycles. The van der Waals surface area contributed by atoms with Crippen LogP contribution in [0, 0.1) is 5.82 Å². The van der Waals surface area contributed by atoms with Gasteiger partial charge in [0.05, 0.1) is 24.4 Å². The van der Waals surface area contributed by atoms with Gasteiger partial charge in [-0.15, -0.1) is 0 Å². The van der Waals surface area contributed by atoms with Gasteiger partial charge in [0.25, 0.3) is 5.89 Å². The third kappa shape index (κ3) is 4.12. The first-order valence-corrected chi connectivity index (χ1v) is 10.5. The van der Waals surface area contributed by atoms with E-state index in [1.165, 1.54) is 12.1 Å². The van der Waals surface area contributed by atoms with Gasteiger partial charge in [0.1, 0.15) is 11.6 Å². The summed E-state index contributed by atoms with van der Waals surface area (Å²) in [4.78, 5) is 19.1. The number of furan rings is 1. The van der Waals surface area contributed by atoms with Crippen LogP contribution in [0.15, 0.2) is 81.6 Å². The summed E-state index contributed by atoms with van der Waals surface area (Å²) in [7, 11) is 0.